The minimum atomic E-state index is -0.405. The summed E-state index contributed by atoms with van der Waals surface area (Å²) in [6.07, 6.45) is 1.50. The van der Waals surface area contributed by atoms with Gasteiger partial charge in [0, 0.05) is 24.8 Å². The first-order chi connectivity index (χ1) is 5.22. The smallest absolute Gasteiger partial charge is 0.269 e. The zero-order chi connectivity index (χ0) is 8.27. The van der Waals surface area contributed by atoms with E-state index >= 15 is 0 Å². The molecule has 0 saturated heterocycles. The maximum absolute atomic E-state index is 12.3. The largest absolute Gasteiger partial charge is 0.295 e. The summed E-state index contributed by atoms with van der Waals surface area (Å²) < 4.78 is 12.3. The van der Waals surface area contributed by atoms with Crippen LogP contribution in [0.1, 0.15) is 4.88 Å². The Bertz CT molecular complexity index is 248. The third-order valence-electron chi connectivity index (χ3n) is 1.15. The highest BCUT2D eigenvalue weighted by molar-refractivity contribution is 7.09. The molecule has 0 amide bonds. The number of aromatic nitrogens is 1. The Balaban J connectivity index is 2.57. The number of nitrogens with zero attached hydrogens (tertiary/aromatic N) is 3. The molecule has 60 valence electrons. The fraction of sp³-hybridized carbons (Fsp3) is 0.333. The van der Waals surface area contributed by atoms with Crippen molar-refractivity contribution in [3.8, 4) is 0 Å². The molecular formula is C6H8FN3S. The van der Waals surface area contributed by atoms with Gasteiger partial charge in [0.1, 0.15) is 0 Å². The quantitative estimate of drug-likeness (QED) is 0.509. The number of hydrazone groups is 1. The van der Waals surface area contributed by atoms with Crippen LogP contribution in [0.25, 0.3) is 0 Å². The van der Waals surface area contributed by atoms with Crippen molar-refractivity contribution in [3.63, 3.8) is 0 Å². The molecule has 0 aliphatic heterocycles. The maximum atomic E-state index is 12.3. The van der Waals surface area contributed by atoms with Gasteiger partial charge >= 0.3 is 0 Å². The van der Waals surface area contributed by atoms with Crippen molar-refractivity contribution in [2.24, 2.45) is 5.10 Å². The number of hydrogen-bond donors (Lipinski definition) is 0. The molecule has 11 heavy (non-hydrogen) atoms. The second kappa shape index (κ2) is 3.43. The molecule has 1 aromatic heterocycles. The molecule has 3 nitrogen and oxygen atoms in total. The monoisotopic (exact) mass is 173 g/mol. The molecule has 5 heteroatoms. The van der Waals surface area contributed by atoms with Gasteiger partial charge in [-0.1, -0.05) is 11.3 Å². The third-order valence-corrected chi connectivity index (χ3v) is 1.92. The van der Waals surface area contributed by atoms with E-state index in [1.807, 2.05) is 0 Å². The molecule has 0 saturated carbocycles. The Kier molecular flexibility index (Phi) is 2.53. The second-order valence-electron chi connectivity index (χ2n) is 2.04. The average molecular weight is 173 g/mol. The summed E-state index contributed by atoms with van der Waals surface area (Å²) in [5.41, 5.74) is 0. The van der Waals surface area contributed by atoms with Crippen LogP contribution in [0, 0.1) is 5.26 Å². The lowest BCUT2D eigenvalue weighted by Gasteiger charge is -2.08. The van der Waals surface area contributed by atoms with Gasteiger partial charge in [-0.15, -0.1) is 0 Å². The van der Waals surface area contributed by atoms with Crippen LogP contribution in [-0.4, -0.2) is 23.8 Å². The van der Waals surface area contributed by atoms with Crippen LogP contribution in [0.3, 0.4) is 0 Å². The van der Waals surface area contributed by atoms with Gasteiger partial charge in [-0.2, -0.15) is 9.49 Å². The summed E-state index contributed by atoms with van der Waals surface area (Å²) in [6.45, 7) is 3.89. The van der Waals surface area contributed by atoms with Crippen LogP contribution in [-0.2, 0) is 6.54 Å². The molecule has 1 aromatic rings. The number of hydrogen-bond acceptors (Lipinski definition) is 4. The van der Waals surface area contributed by atoms with Gasteiger partial charge in [-0.3, -0.25) is 5.01 Å². The summed E-state index contributed by atoms with van der Waals surface area (Å²) >= 11 is 1.02. The van der Waals surface area contributed by atoms with E-state index in [1.54, 1.807) is 12.1 Å². The molecule has 0 spiro atoms. The van der Waals surface area contributed by atoms with E-state index < -0.39 is 5.26 Å². The Morgan fingerprint density at radius 2 is 2.64 bits per heavy atom. The number of halogens is 1. The first kappa shape index (κ1) is 8.13. The molecule has 0 fully saturated rings. The summed E-state index contributed by atoms with van der Waals surface area (Å²) in [6, 6.07) is 0. The minimum absolute atomic E-state index is 0.405. The molecule has 0 bridgehead atoms. The van der Waals surface area contributed by atoms with Gasteiger partial charge in [0.15, 0.2) is 0 Å². The normalized spacial score (nSPS) is 9.64. The SMILES string of the molecule is C=NN(C)Cc1cnc(F)s1. The van der Waals surface area contributed by atoms with Gasteiger partial charge in [0.2, 0.25) is 0 Å². The molecule has 0 N–H and O–H groups in total. The topological polar surface area (TPSA) is 28.5 Å². The van der Waals surface area contributed by atoms with E-state index in [9.17, 15) is 4.39 Å². The van der Waals surface area contributed by atoms with Gasteiger partial charge in [0.25, 0.3) is 5.26 Å². The van der Waals surface area contributed by atoms with Crippen molar-refractivity contribution >= 4 is 18.1 Å². The Hall–Kier alpha value is -0.970. The predicted octanol–water partition coefficient (Wildman–Crippen LogP) is 1.33. The molecule has 0 atom stereocenters. The Morgan fingerprint density at radius 1 is 1.91 bits per heavy atom. The molecule has 0 aromatic carbocycles. The van der Waals surface area contributed by atoms with Crippen molar-refractivity contribution < 1.29 is 4.39 Å². The summed E-state index contributed by atoms with van der Waals surface area (Å²) in [5, 5.41) is 4.85. The number of rotatable bonds is 3. The fourth-order valence-corrected chi connectivity index (χ4v) is 1.31. The standard InChI is InChI=1S/C6H8FN3S/c1-8-10(2)4-5-3-9-6(7)11-5/h3H,1,4H2,2H3. The van der Waals surface area contributed by atoms with Gasteiger partial charge in [-0.05, 0) is 0 Å². The van der Waals surface area contributed by atoms with E-state index in [1.165, 1.54) is 6.20 Å². The van der Waals surface area contributed by atoms with Crippen molar-refractivity contribution in [2.45, 2.75) is 6.54 Å². The lowest BCUT2D eigenvalue weighted by Crippen LogP contribution is -2.07. The van der Waals surface area contributed by atoms with Crippen molar-refractivity contribution in [1.29, 1.82) is 0 Å². The molecule has 0 radical (unpaired) electrons. The molecular weight excluding hydrogens is 165 g/mol. The molecule has 0 aliphatic carbocycles. The number of thiazole rings is 1. The molecule has 0 aliphatic rings. The minimum Gasteiger partial charge on any atom is -0.295 e. The van der Waals surface area contributed by atoms with Crippen LogP contribution in [0.15, 0.2) is 11.3 Å². The van der Waals surface area contributed by atoms with Crippen LogP contribution >= 0.6 is 11.3 Å². The zero-order valence-electron chi connectivity index (χ0n) is 6.12. The summed E-state index contributed by atoms with van der Waals surface area (Å²) in [4.78, 5) is 4.31. The van der Waals surface area contributed by atoms with Crippen molar-refractivity contribution in [1.82, 2.24) is 9.99 Å². The molecule has 1 heterocycles. The highest BCUT2D eigenvalue weighted by Gasteiger charge is 2.01. The van der Waals surface area contributed by atoms with Crippen LogP contribution in [0.4, 0.5) is 4.39 Å². The first-order valence-electron chi connectivity index (χ1n) is 3.00. The lowest BCUT2D eigenvalue weighted by molar-refractivity contribution is 0.353. The van der Waals surface area contributed by atoms with Gasteiger partial charge in [0.05, 0.1) is 6.54 Å². The van der Waals surface area contributed by atoms with E-state index in [2.05, 4.69) is 16.8 Å². The van der Waals surface area contributed by atoms with Crippen molar-refractivity contribution in [3.05, 3.63) is 16.3 Å². The maximum Gasteiger partial charge on any atom is 0.269 e. The summed E-state index contributed by atoms with van der Waals surface area (Å²) in [7, 11) is 1.77. The third kappa shape index (κ3) is 2.27. The predicted molar refractivity (Wildman–Crippen MR) is 43.1 cm³/mol. The van der Waals surface area contributed by atoms with Crippen LogP contribution in [0.2, 0.25) is 0 Å². The van der Waals surface area contributed by atoms with Crippen LogP contribution < -0.4 is 0 Å². The first-order valence-corrected chi connectivity index (χ1v) is 3.82. The van der Waals surface area contributed by atoms with Crippen LogP contribution in [0.5, 0.6) is 0 Å². The second-order valence-corrected chi connectivity index (χ2v) is 3.10. The Labute approximate surface area is 68.2 Å². The van der Waals surface area contributed by atoms with E-state index in [0.29, 0.717) is 6.54 Å². The van der Waals surface area contributed by atoms with E-state index in [4.69, 9.17) is 0 Å². The van der Waals surface area contributed by atoms with E-state index in [0.717, 1.165) is 16.2 Å². The zero-order valence-corrected chi connectivity index (χ0v) is 6.94. The van der Waals surface area contributed by atoms with Gasteiger partial charge < -0.3 is 0 Å². The fourth-order valence-electron chi connectivity index (χ4n) is 0.632. The highest BCUT2D eigenvalue weighted by Crippen LogP contribution is 2.12. The van der Waals surface area contributed by atoms with Crippen molar-refractivity contribution in [2.75, 3.05) is 7.05 Å². The average Bonchev–Trinajstić information content (AvgIpc) is 2.35. The van der Waals surface area contributed by atoms with E-state index in [-0.39, 0.29) is 0 Å². The van der Waals surface area contributed by atoms with Gasteiger partial charge in [-0.25, -0.2) is 4.98 Å². The molecule has 0 unspecified atom stereocenters. The molecule has 1 rings (SSSR count). The Morgan fingerprint density at radius 3 is 3.09 bits per heavy atom. The lowest BCUT2D eigenvalue weighted by atomic mass is 10.5. The summed E-state index contributed by atoms with van der Waals surface area (Å²) in [5.74, 6) is 0. The highest BCUT2D eigenvalue weighted by atomic mass is 32.1.